The van der Waals surface area contributed by atoms with Crippen LogP contribution in [0.15, 0.2) is 12.1 Å². The lowest BCUT2D eigenvalue weighted by Crippen LogP contribution is -2.27. The average molecular weight is 286 g/mol. The van der Waals surface area contributed by atoms with Crippen LogP contribution in [0, 0.1) is 0 Å². The lowest BCUT2D eigenvalue weighted by Gasteiger charge is -2.09. The molecule has 0 bridgehead atoms. The van der Waals surface area contributed by atoms with E-state index < -0.39 is 6.10 Å². The fourth-order valence-corrected chi connectivity index (χ4v) is 2.28. The van der Waals surface area contributed by atoms with E-state index in [1.165, 1.54) is 25.4 Å². The molecule has 6 nitrogen and oxygen atoms in total. The molecule has 0 saturated carbocycles. The number of amides is 2. The third-order valence-corrected chi connectivity index (χ3v) is 3.25. The molecular weight excluding hydrogens is 268 g/mol. The molecule has 0 aromatic carbocycles. The van der Waals surface area contributed by atoms with Crippen molar-refractivity contribution in [3.8, 4) is 0 Å². The minimum atomic E-state index is -0.580. The van der Waals surface area contributed by atoms with Crippen LogP contribution in [0.1, 0.15) is 23.0 Å². The van der Waals surface area contributed by atoms with Gasteiger partial charge in [-0.3, -0.25) is 9.59 Å². The maximum atomic E-state index is 11.8. The Morgan fingerprint density at radius 1 is 1.47 bits per heavy atom. The number of ether oxygens (including phenoxy) is 1. The Morgan fingerprint density at radius 3 is 2.84 bits per heavy atom. The first-order valence-electron chi connectivity index (χ1n) is 5.85. The van der Waals surface area contributed by atoms with Crippen LogP contribution in [-0.2, 0) is 9.53 Å². The molecular formula is C12H18N2O4S. The van der Waals surface area contributed by atoms with Gasteiger partial charge in [0.15, 0.2) is 0 Å². The molecule has 0 saturated heterocycles. The molecule has 0 aliphatic rings. The smallest absolute Gasteiger partial charge is 0.261 e. The van der Waals surface area contributed by atoms with Gasteiger partial charge in [-0.25, -0.2) is 0 Å². The van der Waals surface area contributed by atoms with E-state index in [4.69, 9.17) is 4.74 Å². The van der Waals surface area contributed by atoms with Gasteiger partial charge >= 0.3 is 0 Å². The summed E-state index contributed by atoms with van der Waals surface area (Å²) in [5, 5.41) is 15.4. The highest BCUT2D eigenvalue weighted by atomic mass is 32.1. The van der Waals surface area contributed by atoms with Crippen molar-refractivity contribution in [2.45, 2.75) is 19.4 Å². The number of aliphatic hydroxyl groups is 1. The second-order valence-corrected chi connectivity index (χ2v) is 5.08. The van der Waals surface area contributed by atoms with Gasteiger partial charge in [-0.1, -0.05) is 0 Å². The Hall–Kier alpha value is -1.44. The zero-order valence-electron chi connectivity index (χ0n) is 10.9. The molecule has 2 amide bonds. The molecule has 1 rings (SSSR count). The van der Waals surface area contributed by atoms with Gasteiger partial charge in [0, 0.05) is 20.6 Å². The lowest BCUT2D eigenvalue weighted by atomic mass is 10.2. The molecule has 3 N–H and O–H groups in total. The summed E-state index contributed by atoms with van der Waals surface area (Å²) in [5.41, 5.74) is 0. The molecule has 19 heavy (non-hydrogen) atoms. The first-order chi connectivity index (χ1) is 9.02. The largest absolute Gasteiger partial charge is 0.391 e. The van der Waals surface area contributed by atoms with Crippen molar-refractivity contribution >= 4 is 28.2 Å². The number of carbonyl (C=O) groups excluding carboxylic acids is 2. The van der Waals surface area contributed by atoms with Gasteiger partial charge in [0.25, 0.3) is 5.91 Å². The molecule has 1 atom stereocenters. The highest BCUT2D eigenvalue weighted by Gasteiger charge is 2.10. The van der Waals surface area contributed by atoms with E-state index >= 15 is 0 Å². The number of nitrogens with one attached hydrogen (secondary N) is 2. The zero-order valence-corrected chi connectivity index (χ0v) is 11.8. The monoisotopic (exact) mass is 286 g/mol. The minimum Gasteiger partial charge on any atom is -0.391 e. The molecule has 1 heterocycles. The van der Waals surface area contributed by atoms with Crippen molar-refractivity contribution < 1.29 is 19.4 Å². The van der Waals surface area contributed by atoms with Crippen molar-refractivity contribution in [3.63, 3.8) is 0 Å². The average Bonchev–Trinajstić information content (AvgIpc) is 2.77. The molecule has 1 aromatic heterocycles. The van der Waals surface area contributed by atoms with Crippen LogP contribution in [0.2, 0.25) is 0 Å². The van der Waals surface area contributed by atoms with Crippen LogP contribution in [0.25, 0.3) is 0 Å². The van der Waals surface area contributed by atoms with Gasteiger partial charge in [0.05, 0.1) is 22.6 Å². The van der Waals surface area contributed by atoms with Crippen molar-refractivity contribution in [3.05, 3.63) is 17.0 Å². The van der Waals surface area contributed by atoms with Gasteiger partial charge in [-0.2, -0.15) is 0 Å². The highest BCUT2D eigenvalue weighted by Crippen LogP contribution is 2.21. The van der Waals surface area contributed by atoms with Gasteiger partial charge in [-0.05, 0) is 18.6 Å². The number of rotatable bonds is 7. The Balaban J connectivity index is 2.37. The summed E-state index contributed by atoms with van der Waals surface area (Å²) in [5.74, 6) is -0.386. The Morgan fingerprint density at radius 2 is 2.21 bits per heavy atom. The summed E-state index contributed by atoms with van der Waals surface area (Å²) in [7, 11) is 1.51. The van der Waals surface area contributed by atoms with Crippen LogP contribution < -0.4 is 10.6 Å². The van der Waals surface area contributed by atoms with Gasteiger partial charge in [0.2, 0.25) is 5.91 Å². The van der Waals surface area contributed by atoms with Crippen molar-refractivity contribution in [2.75, 3.05) is 25.6 Å². The molecule has 0 radical (unpaired) electrons. The Bertz CT molecular complexity index is 433. The molecule has 0 fully saturated rings. The quantitative estimate of drug-likeness (QED) is 0.693. The zero-order chi connectivity index (χ0) is 14.3. The lowest BCUT2D eigenvalue weighted by molar-refractivity contribution is -0.114. The topological polar surface area (TPSA) is 87.7 Å². The maximum absolute atomic E-state index is 11.8. The second-order valence-electron chi connectivity index (χ2n) is 4.00. The minimum absolute atomic E-state index is 0.170. The molecule has 0 aliphatic heterocycles. The van der Waals surface area contributed by atoms with E-state index in [0.29, 0.717) is 22.8 Å². The van der Waals surface area contributed by atoms with E-state index in [1.54, 1.807) is 12.1 Å². The maximum Gasteiger partial charge on any atom is 0.261 e. The molecule has 106 valence electrons. The van der Waals surface area contributed by atoms with Crippen LogP contribution in [0.5, 0.6) is 0 Å². The fourth-order valence-electron chi connectivity index (χ4n) is 1.42. The summed E-state index contributed by atoms with van der Waals surface area (Å²) in [4.78, 5) is 23.1. The van der Waals surface area contributed by atoms with E-state index in [9.17, 15) is 14.7 Å². The molecule has 1 aromatic rings. The van der Waals surface area contributed by atoms with Gasteiger partial charge in [-0.15, -0.1) is 11.3 Å². The number of hydrogen-bond acceptors (Lipinski definition) is 5. The molecule has 7 heteroatoms. The van der Waals surface area contributed by atoms with Crippen molar-refractivity contribution in [1.29, 1.82) is 0 Å². The molecule has 1 unspecified atom stereocenters. The number of thiophene rings is 1. The summed E-state index contributed by atoms with van der Waals surface area (Å²) < 4.78 is 4.79. The highest BCUT2D eigenvalue weighted by molar-refractivity contribution is 7.18. The summed E-state index contributed by atoms with van der Waals surface area (Å²) >= 11 is 1.21. The first-order valence-corrected chi connectivity index (χ1v) is 6.67. The Kier molecular flexibility index (Phi) is 6.48. The summed E-state index contributed by atoms with van der Waals surface area (Å²) in [6.07, 6.45) is -0.146. The predicted octanol–water partition coefficient (Wildman–Crippen LogP) is 0.834. The number of hydrogen-bond donors (Lipinski definition) is 3. The third-order valence-electron chi connectivity index (χ3n) is 2.25. The van der Waals surface area contributed by atoms with E-state index in [1.807, 2.05) is 0 Å². The molecule has 0 spiro atoms. The SMILES string of the molecule is COCC(O)CCNC(=O)c1ccc(NC(C)=O)s1. The summed E-state index contributed by atoms with van der Waals surface area (Å²) in [6, 6.07) is 3.33. The second kappa shape index (κ2) is 7.88. The van der Waals surface area contributed by atoms with Gasteiger partial charge in [0.1, 0.15) is 0 Å². The van der Waals surface area contributed by atoms with Crippen LogP contribution in [0.3, 0.4) is 0 Å². The first kappa shape index (κ1) is 15.6. The number of anilines is 1. The van der Waals surface area contributed by atoms with E-state index in [2.05, 4.69) is 10.6 Å². The number of aliphatic hydroxyl groups excluding tert-OH is 1. The van der Waals surface area contributed by atoms with E-state index in [0.717, 1.165) is 0 Å². The van der Waals surface area contributed by atoms with Crippen LogP contribution >= 0.6 is 11.3 Å². The molecule has 0 aliphatic carbocycles. The van der Waals surface area contributed by atoms with E-state index in [-0.39, 0.29) is 18.4 Å². The summed E-state index contributed by atoms with van der Waals surface area (Å²) in [6.45, 7) is 2.04. The predicted molar refractivity (Wildman–Crippen MR) is 73.5 cm³/mol. The standard InChI is InChI=1S/C12H18N2O4S/c1-8(15)14-11-4-3-10(19-11)12(17)13-6-5-9(16)7-18-2/h3-4,9,16H,5-7H2,1-2H3,(H,13,17)(H,14,15). The van der Waals surface area contributed by atoms with Crippen molar-refractivity contribution in [1.82, 2.24) is 5.32 Å². The van der Waals surface area contributed by atoms with Gasteiger partial charge < -0.3 is 20.5 Å². The number of carbonyl (C=O) groups is 2. The normalized spacial score (nSPS) is 11.9. The van der Waals surface area contributed by atoms with Crippen molar-refractivity contribution in [2.24, 2.45) is 0 Å². The third kappa shape index (κ3) is 5.82. The fraction of sp³-hybridized carbons (Fsp3) is 0.500. The Labute approximate surface area is 115 Å². The van der Waals surface area contributed by atoms with Crippen LogP contribution in [0.4, 0.5) is 5.00 Å². The number of methoxy groups -OCH3 is 1. The van der Waals surface area contributed by atoms with Crippen LogP contribution in [-0.4, -0.2) is 43.3 Å².